The van der Waals surface area contributed by atoms with E-state index < -0.39 is 0 Å². The van der Waals surface area contributed by atoms with Crippen LogP contribution in [0.3, 0.4) is 0 Å². The summed E-state index contributed by atoms with van der Waals surface area (Å²) in [7, 11) is 0. The average Bonchev–Trinajstić information content (AvgIpc) is 2.45. The van der Waals surface area contributed by atoms with Crippen LogP contribution in [0.15, 0.2) is 0 Å². The number of aliphatic hydroxyl groups excluding tert-OH is 1. The lowest BCUT2D eigenvalue weighted by atomic mass is 10.6. The highest BCUT2D eigenvalue weighted by molar-refractivity contribution is 8.22. The summed E-state index contributed by atoms with van der Waals surface area (Å²) in [5.41, 5.74) is 0. The fourth-order valence-electron chi connectivity index (χ4n) is 1.05. The van der Waals surface area contributed by atoms with E-state index in [2.05, 4.69) is 12.2 Å². The number of nitrogens with one attached hydrogen (secondary N) is 1. The molecule has 8 heteroatoms. The summed E-state index contributed by atoms with van der Waals surface area (Å²) < 4.78 is 4.99. The second kappa shape index (κ2) is 17.7. The van der Waals surface area contributed by atoms with Gasteiger partial charge in [-0.3, -0.25) is 0 Å². The van der Waals surface area contributed by atoms with Gasteiger partial charge in [-0.2, -0.15) is 23.5 Å². The predicted octanol–water partition coefficient (Wildman–Crippen LogP) is 2.96. The van der Waals surface area contributed by atoms with Gasteiger partial charge in [0.15, 0.2) is 0 Å². The molecule has 0 aromatic carbocycles. The van der Waals surface area contributed by atoms with Crippen LogP contribution < -0.4 is 5.32 Å². The molecular formula is C12H25NO3S4. The normalized spacial score (nSPS) is 10.5. The van der Waals surface area contributed by atoms with Gasteiger partial charge in [0, 0.05) is 34.0 Å². The number of thioether (sulfide) groups is 4. The lowest BCUT2D eigenvalue weighted by Gasteiger charge is -2.06. The van der Waals surface area contributed by atoms with Gasteiger partial charge in [0.05, 0.1) is 6.61 Å². The highest BCUT2D eigenvalue weighted by Crippen LogP contribution is 2.17. The van der Waals surface area contributed by atoms with Crippen LogP contribution in [0.25, 0.3) is 0 Å². The summed E-state index contributed by atoms with van der Waals surface area (Å²) in [5, 5.41) is 13.5. The SMILES string of the molecule is CCCSCSCSCCNC(=O)OCCSCCO. The molecule has 4 nitrogen and oxygen atoms in total. The van der Waals surface area contributed by atoms with Crippen molar-refractivity contribution in [1.82, 2.24) is 5.32 Å². The van der Waals surface area contributed by atoms with E-state index in [1.165, 1.54) is 12.2 Å². The zero-order valence-corrected chi connectivity index (χ0v) is 15.2. The van der Waals surface area contributed by atoms with Crippen LogP contribution >= 0.6 is 47.0 Å². The Labute approximate surface area is 139 Å². The van der Waals surface area contributed by atoms with Gasteiger partial charge in [0.1, 0.15) is 6.61 Å². The van der Waals surface area contributed by atoms with E-state index in [9.17, 15) is 4.79 Å². The molecule has 0 aliphatic heterocycles. The summed E-state index contributed by atoms with van der Waals surface area (Å²) in [6.45, 7) is 3.41. The number of rotatable bonds is 14. The monoisotopic (exact) mass is 359 g/mol. The van der Waals surface area contributed by atoms with Gasteiger partial charge in [0.25, 0.3) is 0 Å². The second-order valence-electron chi connectivity index (χ2n) is 3.65. The molecule has 20 heavy (non-hydrogen) atoms. The van der Waals surface area contributed by atoms with Crippen molar-refractivity contribution in [3.63, 3.8) is 0 Å². The Hall–Kier alpha value is 0.630. The van der Waals surface area contributed by atoms with Crippen LogP contribution in [0.5, 0.6) is 0 Å². The summed E-state index contributed by atoms with van der Waals surface area (Å²) in [6, 6.07) is 0. The number of hydrogen-bond acceptors (Lipinski definition) is 7. The first-order chi connectivity index (χ1) is 9.81. The van der Waals surface area contributed by atoms with Crippen molar-refractivity contribution in [1.29, 1.82) is 0 Å². The van der Waals surface area contributed by atoms with E-state index in [-0.39, 0.29) is 12.7 Å². The van der Waals surface area contributed by atoms with Crippen LogP contribution in [0.1, 0.15) is 13.3 Å². The number of ether oxygens (including phenoxy) is 1. The summed E-state index contributed by atoms with van der Waals surface area (Å²) in [4.78, 5) is 11.3. The number of hydrogen-bond donors (Lipinski definition) is 2. The Bertz CT molecular complexity index is 223. The molecule has 0 rings (SSSR count). The first kappa shape index (κ1) is 20.6. The molecule has 0 saturated carbocycles. The van der Waals surface area contributed by atoms with E-state index in [0.29, 0.717) is 18.9 Å². The van der Waals surface area contributed by atoms with E-state index in [1.54, 1.807) is 11.8 Å². The molecule has 0 unspecified atom stereocenters. The topological polar surface area (TPSA) is 58.6 Å². The van der Waals surface area contributed by atoms with E-state index >= 15 is 0 Å². The maximum Gasteiger partial charge on any atom is 0.407 e. The summed E-state index contributed by atoms with van der Waals surface area (Å²) >= 11 is 7.32. The van der Waals surface area contributed by atoms with Crippen LogP contribution in [0.4, 0.5) is 4.79 Å². The highest BCUT2D eigenvalue weighted by Gasteiger charge is 2.00. The van der Waals surface area contributed by atoms with Gasteiger partial charge in [-0.1, -0.05) is 6.92 Å². The zero-order chi connectivity index (χ0) is 14.9. The first-order valence-electron chi connectivity index (χ1n) is 6.63. The van der Waals surface area contributed by atoms with E-state index in [0.717, 1.165) is 21.7 Å². The Morgan fingerprint density at radius 1 is 1.05 bits per heavy atom. The molecule has 0 aliphatic carbocycles. The van der Waals surface area contributed by atoms with Crippen LogP contribution in [-0.4, -0.2) is 64.1 Å². The van der Waals surface area contributed by atoms with Crippen LogP contribution in [-0.2, 0) is 4.74 Å². The number of amides is 1. The highest BCUT2D eigenvalue weighted by atomic mass is 32.2. The van der Waals surface area contributed by atoms with Crippen molar-refractivity contribution in [3.05, 3.63) is 0 Å². The second-order valence-corrected chi connectivity index (χ2v) is 8.81. The molecule has 0 spiro atoms. The molecule has 120 valence electrons. The molecule has 0 atom stereocenters. The Morgan fingerprint density at radius 2 is 1.80 bits per heavy atom. The Morgan fingerprint density at radius 3 is 2.50 bits per heavy atom. The van der Waals surface area contributed by atoms with Crippen LogP contribution in [0, 0.1) is 0 Å². The minimum Gasteiger partial charge on any atom is -0.449 e. The average molecular weight is 360 g/mol. The maximum absolute atomic E-state index is 11.3. The number of aliphatic hydroxyl groups is 1. The molecule has 0 fully saturated rings. The lowest BCUT2D eigenvalue weighted by Crippen LogP contribution is -2.27. The summed E-state index contributed by atoms with van der Waals surface area (Å²) in [5.74, 6) is 3.58. The predicted molar refractivity (Wildman–Crippen MR) is 96.3 cm³/mol. The van der Waals surface area contributed by atoms with Crippen molar-refractivity contribution in [2.45, 2.75) is 13.3 Å². The lowest BCUT2D eigenvalue weighted by molar-refractivity contribution is 0.154. The maximum atomic E-state index is 11.3. The third-order valence-electron chi connectivity index (χ3n) is 1.89. The van der Waals surface area contributed by atoms with Gasteiger partial charge in [-0.15, -0.1) is 23.5 Å². The largest absolute Gasteiger partial charge is 0.449 e. The quantitative estimate of drug-likeness (QED) is 0.365. The molecule has 0 bridgehead atoms. The van der Waals surface area contributed by atoms with Gasteiger partial charge in [-0.25, -0.2) is 4.79 Å². The number of carbonyl (C=O) groups is 1. The zero-order valence-electron chi connectivity index (χ0n) is 12.0. The van der Waals surface area contributed by atoms with Gasteiger partial charge in [0.2, 0.25) is 0 Å². The van der Waals surface area contributed by atoms with E-state index in [1.807, 2.05) is 35.3 Å². The smallest absolute Gasteiger partial charge is 0.407 e. The van der Waals surface area contributed by atoms with Gasteiger partial charge < -0.3 is 15.2 Å². The summed E-state index contributed by atoms with van der Waals surface area (Å²) in [6.07, 6.45) is 0.893. The minimum absolute atomic E-state index is 0.170. The number of alkyl carbamates (subject to hydrolysis) is 1. The fraction of sp³-hybridized carbons (Fsp3) is 0.917. The van der Waals surface area contributed by atoms with Crippen molar-refractivity contribution in [2.24, 2.45) is 0 Å². The van der Waals surface area contributed by atoms with Crippen molar-refractivity contribution in [2.75, 3.05) is 52.9 Å². The van der Waals surface area contributed by atoms with Gasteiger partial charge in [-0.05, 0) is 12.2 Å². The minimum atomic E-state index is -0.346. The van der Waals surface area contributed by atoms with Crippen molar-refractivity contribution in [3.8, 4) is 0 Å². The first-order valence-corrected chi connectivity index (χ1v) is 11.3. The van der Waals surface area contributed by atoms with E-state index in [4.69, 9.17) is 9.84 Å². The molecule has 2 N–H and O–H groups in total. The van der Waals surface area contributed by atoms with Crippen molar-refractivity contribution < 1.29 is 14.6 Å². The number of carbonyl (C=O) groups excluding carboxylic acids is 1. The molecule has 0 aromatic rings. The molecular weight excluding hydrogens is 334 g/mol. The molecule has 0 saturated heterocycles. The standard InChI is InChI=1S/C12H25NO3S4/c1-2-6-18-10-20-11-19-7-3-13-12(15)16-5-9-17-8-4-14/h14H,2-11H2,1H3,(H,13,15). The molecule has 0 radical (unpaired) electrons. The van der Waals surface area contributed by atoms with Crippen molar-refractivity contribution >= 4 is 53.1 Å². The Balaban J connectivity index is 3.11. The molecule has 0 aliphatic rings. The molecule has 0 heterocycles. The third kappa shape index (κ3) is 16.7. The fourth-order valence-corrected chi connectivity index (χ4v) is 4.89. The molecule has 1 amide bonds. The molecule has 0 aromatic heterocycles. The third-order valence-corrected chi connectivity index (χ3v) is 6.68. The Kier molecular flexibility index (Phi) is 18.2. The van der Waals surface area contributed by atoms with Gasteiger partial charge >= 0.3 is 6.09 Å². The van der Waals surface area contributed by atoms with Crippen LogP contribution in [0.2, 0.25) is 0 Å².